The lowest BCUT2D eigenvalue weighted by Crippen LogP contribution is -2.60. The molecule has 1 aliphatic heterocycles. The van der Waals surface area contributed by atoms with Gasteiger partial charge in [-0.2, -0.15) is 0 Å². The Labute approximate surface area is 316 Å². The van der Waals surface area contributed by atoms with Gasteiger partial charge in [-0.1, -0.05) is 139 Å². The van der Waals surface area contributed by atoms with Crippen molar-refractivity contribution in [2.24, 2.45) is 0 Å². The van der Waals surface area contributed by atoms with E-state index in [4.69, 9.17) is 9.47 Å². The van der Waals surface area contributed by atoms with E-state index in [0.29, 0.717) is 12.8 Å². The fraction of sp³-hybridized carbons (Fsp3) is 0.744. The first-order valence-corrected chi connectivity index (χ1v) is 20.5. The summed E-state index contributed by atoms with van der Waals surface area (Å²) in [5, 5.41) is 53.9. The van der Waals surface area contributed by atoms with E-state index in [0.717, 1.165) is 57.8 Å². The molecule has 0 aromatic rings. The highest BCUT2D eigenvalue weighted by Crippen LogP contribution is 2.22. The summed E-state index contributed by atoms with van der Waals surface area (Å²) in [6.07, 6.45) is 35.5. The van der Waals surface area contributed by atoms with Gasteiger partial charge in [0, 0.05) is 6.42 Å². The van der Waals surface area contributed by atoms with E-state index in [1.54, 1.807) is 6.08 Å². The number of aliphatic hydroxyl groups excluding tert-OH is 5. The number of aliphatic hydroxyl groups is 5. The second-order valence-electron chi connectivity index (χ2n) is 14.0. The van der Waals surface area contributed by atoms with E-state index in [9.17, 15) is 30.3 Å². The third-order valence-corrected chi connectivity index (χ3v) is 9.33. The van der Waals surface area contributed by atoms with Gasteiger partial charge in [0.15, 0.2) is 6.29 Å². The number of carbonyl (C=O) groups is 1. The molecule has 0 spiro atoms. The molecule has 52 heavy (non-hydrogen) atoms. The fourth-order valence-corrected chi connectivity index (χ4v) is 6.01. The Morgan fingerprint density at radius 1 is 0.673 bits per heavy atom. The molecule has 300 valence electrons. The summed E-state index contributed by atoms with van der Waals surface area (Å²) >= 11 is 0. The average Bonchev–Trinajstić information content (AvgIpc) is 3.14. The zero-order valence-electron chi connectivity index (χ0n) is 32.5. The van der Waals surface area contributed by atoms with E-state index >= 15 is 0 Å². The highest BCUT2D eigenvalue weighted by Gasteiger charge is 2.44. The molecule has 1 amide bonds. The lowest BCUT2D eigenvalue weighted by atomic mass is 9.99. The van der Waals surface area contributed by atoms with Gasteiger partial charge >= 0.3 is 0 Å². The van der Waals surface area contributed by atoms with Gasteiger partial charge in [0.2, 0.25) is 5.91 Å². The molecule has 9 heteroatoms. The molecule has 7 unspecified atom stereocenters. The molecule has 0 bridgehead atoms. The van der Waals surface area contributed by atoms with Gasteiger partial charge in [-0.05, 0) is 64.2 Å². The number of amides is 1. The number of rotatable bonds is 32. The van der Waals surface area contributed by atoms with Crippen molar-refractivity contribution in [3.05, 3.63) is 60.8 Å². The summed E-state index contributed by atoms with van der Waals surface area (Å²) in [5.41, 5.74) is 0. The van der Waals surface area contributed by atoms with Crippen molar-refractivity contribution in [1.29, 1.82) is 0 Å². The van der Waals surface area contributed by atoms with E-state index in [1.165, 1.54) is 64.2 Å². The largest absolute Gasteiger partial charge is 0.394 e. The van der Waals surface area contributed by atoms with Crippen LogP contribution in [-0.2, 0) is 14.3 Å². The standard InChI is InChI=1S/C43H75NO8/c1-3-5-7-9-11-13-15-17-18-19-21-22-24-26-28-30-32-37(46)36(35-51-43-42(50)41(49)40(48)38(34-45)52-43)44-39(47)33-31-29-27-25-23-20-16-14-12-10-8-6-4-2/h6,8,12,14,20,22-24,30,32,36-38,40-43,45-46,48-50H,3-5,7,9-11,13,15-19,21,25-29,31,33-35H2,1-2H3,(H,44,47)/b8-6-,14-12-,23-20-,24-22+,32-30+. The molecule has 1 fully saturated rings. The van der Waals surface area contributed by atoms with Gasteiger partial charge in [0.25, 0.3) is 0 Å². The summed E-state index contributed by atoms with van der Waals surface area (Å²) in [5.74, 6) is -0.220. The van der Waals surface area contributed by atoms with Gasteiger partial charge in [0.05, 0.1) is 25.4 Å². The number of hydrogen-bond acceptors (Lipinski definition) is 8. The number of hydrogen-bond donors (Lipinski definition) is 6. The van der Waals surface area contributed by atoms with E-state index in [1.807, 2.05) is 6.08 Å². The Morgan fingerprint density at radius 2 is 1.21 bits per heavy atom. The van der Waals surface area contributed by atoms with Crippen LogP contribution < -0.4 is 5.32 Å². The molecule has 9 nitrogen and oxygen atoms in total. The molecule has 0 aromatic carbocycles. The van der Waals surface area contributed by atoms with Crippen molar-refractivity contribution in [2.45, 2.75) is 192 Å². The van der Waals surface area contributed by atoms with Crippen LogP contribution in [0.3, 0.4) is 0 Å². The lowest BCUT2D eigenvalue weighted by molar-refractivity contribution is -0.302. The molecule has 0 radical (unpaired) electrons. The minimum absolute atomic E-state index is 0.215. The van der Waals surface area contributed by atoms with Gasteiger partial charge in [-0.3, -0.25) is 4.79 Å². The predicted molar refractivity (Wildman–Crippen MR) is 212 cm³/mol. The second kappa shape index (κ2) is 33.5. The first-order valence-electron chi connectivity index (χ1n) is 20.5. The molecule has 7 atom stereocenters. The van der Waals surface area contributed by atoms with Crippen molar-refractivity contribution in [1.82, 2.24) is 5.32 Å². The van der Waals surface area contributed by atoms with Crippen molar-refractivity contribution >= 4 is 5.91 Å². The Kier molecular flexibility index (Phi) is 30.8. The Morgan fingerprint density at radius 3 is 1.85 bits per heavy atom. The third-order valence-electron chi connectivity index (χ3n) is 9.33. The van der Waals surface area contributed by atoms with Crippen molar-refractivity contribution in [3.8, 4) is 0 Å². The maximum Gasteiger partial charge on any atom is 0.220 e. The maximum atomic E-state index is 12.9. The highest BCUT2D eigenvalue weighted by atomic mass is 16.7. The zero-order valence-corrected chi connectivity index (χ0v) is 32.5. The summed E-state index contributed by atoms with van der Waals surface area (Å²) in [7, 11) is 0. The van der Waals surface area contributed by atoms with Crippen LogP contribution in [0.2, 0.25) is 0 Å². The first kappa shape index (κ1) is 47.9. The average molecular weight is 734 g/mol. The Balaban J connectivity index is 2.48. The van der Waals surface area contributed by atoms with Crippen LogP contribution in [0.15, 0.2) is 60.8 Å². The predicted octanol–water partition coefficient (Wildman–Crippen LogP) is 7.66. The Bertz CT molecular complexity index is 994. The maximum absolute atomic E-state index is 12.9. The second-order valence-corrected chi connectivity index (χ2v) is 14.0. The SMILES string of the molecule is CC/C=C\C/C=C\C/C=C\CCCCCC(=O)NC(COC1OC(CO)C(O)C(O)C1O)C(O)/C=C/CC/C=C/CCCCCCCCCCCC. The number of unbranched alkanes of at least 4 members (excludes halogenated alkanes) is 14. The Hall–Kier alpha value is -2.11. The number of carbonyl (C=O) groups excluding carboxylic acids is 1. The molecule has 0 aliphatic carbocycles. The first-order chi connectivity index (χ1) is 25.3. The number of allylic oxidation sites excluding steroid dienone is 9. The van der Waals surface area contributed by atoms with Crippen LogP contribution in [-0.4, -0.2) is 87.5 Å². The van der Waals surface area contributed by atoms with Crippen LogP contribution >= 0.6 is 0 Å². The monoisotopic (exact) mass is 734 g/mol. The molecule has 1 aliphatic rings. The van der Waals surface area contributed by atoms with E-state index < -0.39 is 49.5 Å². The topological polar surface area (TPSA) is 149 Å². The summed E-state index contributed by atoms with van der Waals surface area (Å²) in [4.78, 5) is 12.9. The summed E-state index contributed by atoms with van der Waals surface area (Å²) < 4.78 is 11.1. The molecule has 6 N–H and O–H groups in total. The molecule has 1 rings (SSSR count). The van der Waals surface area contributed by atoms with Gasteiger partial charge < -0.3 is 40.3 Å². The number of nitrogens with one attached hydrogen (secondary N) is 1. The minimum Gasteiger partial charge on any atom is -0.394 e. The van der Waals surface area contributed by atoms with Crippen LogP contribution in [0.4, 0.5) is 0 Å². The number of ether oxygens (including phenoxy) is 2. The van der Waals surface area contributed by atoms with Crippen LogP contribution in [0.1, 0.15) is 149 Å². The van der Waals surface area contributed by atoms with Crippen molar-refractivity contribution in [3.63, 3.8) is 0 Å². The van der Waals surface area contributed by atoms with Gasteiger partial charge in [-0.15, -0.1) is 0 Å². The summed E-state index contributed by atoms with van der Waals surface area (Å²) in [6.45, 7) is 3.59. The zero-order chi connectivity index (χ0) is 38.1. The molecule has 1 saturated heterocycles. The molecule has 0 saturated carbocycles. The lowest BCUT2D eigenvalue weighted by Gasteiger charge is -2.40. The quantitative estimate of drug-likeness (QED) is 0.0305. The van der Waals surface area contributed by atoms with Gasteiger partial charge in [-0.25, -0.2) is 0 Å². The van der Waals surface area contributed by atoms with E-state index in [2.05, 4.69) is 67.8 Å². The highest BCUT2D eigenvalue weighted by molar-refractivity contribution is 5.76. The van der Waals surface area contributed by atoms with Crippen LogP contribution in [0.25, 0.3) is 0 Å². The smallest absolute Gasteiger partial charge is 0.220 e. The van der Waals surface area contributed by atoms with E-state index in [-0.39, 0.29) is 12.5 Å². The fourth-order valence-electron chi connectivity index (χ4n) is 6.01. The minimum atomic E-state index is -1.58. The molecule has 0 aromatic heterocycles. The van der Waals surface area contributed by atoms with Crippen LogP contribution in [0.5, 0.6) is 0 Å². The third kappa shape index (κ3) is 24.3. The molecule has 1 heterocycles. The molecular formula is C43H75NO8. The summed E-state index contributed by atoms with van der Waals surface area (Å²) in [6, 6.07) is -0.837. The normalized spacial score (nSPS) is 22.5. The van der Waals surface area contributed by atoms with Crippen LogP contribution in [0, 0.1) is 0 Å². The van der Waals surface area contributed by atoms with Gasteiger partial charge in [0.1, 0.15) is 24.4 Å². The van der Waals surface area contributed by atoms with Crippen molar-refractivity contribution < 1.29 is 39.8 Å². The molecular weight excluding hydrogens is 658 g/mol. The van der Waals surface area contributed by atoms with Crippen molar-refractivity contribution in [2.75, 3.05) is 13.2 Å².